The van der Waals surface area contributed by atoms with Crippen molar-refractivity contribution < 1.29 is 4.79 Å². The zero-order chi connectivity index (χ0) is 18.1. The van der Waals surface area contributed by atoms with E-state index in [1.54, 1.807) is 4.52 Å². The molecule has 1 amide bonds. The van der Waals surface area contributed by atoms with Gasteiger partial charge in [0.1, 0.15) is 0 Å². The van der Waals surface area contributed by atoms with Crippen LogP contribution in [0.2, 0.25) is 0 Å². The molecule has 3 aromatic heterocycles. The number of carbonyl (C=O) groups is 1. The van der Waals surface area contributed by atoms with E-state index < -0.39 is 0 Å². The van der Waals surface area contributed by atoms with Gasteiger partial charge in [-0.3, -0.25) is 4.79 Å². The number of rotatable bonds is 5. The molecule has 0 spiro atoms. The third-order valence-corrected chi connectivity index (χ3v) is 4.80. The van der Waals surface area contributed by atoms with Gasteiger partial charge in [-0.25, -0.2) is 9.97 Å². The number of nitrogen functional groups attached to an aromatic ring is 1. The fourth-order valence-electron chi connectivity index (χ4n) is 2.61. The molecule has 0 aliphatic heterocycles. The number of fused-ring (bicyclic) bond motifs is 1. The molecule has 3 N–H and O–H groups in total. The Hall–Kier alpha value is -2.55. The number of hydrogen-bond acceptors (Lipinski definition) is 7. The average Bonchev–Trinajstić information content (AvgIpc) is 3.13. The van der Waals surface area contributed by atoms with Gasteiger partial charge in [-0.1, -0.05) is 13.8 Å². The largest absolute Gasteiger partial charge is 0.366 e. The Morgan fingerprint density at radius 3 is 2.76 bits per heavy atom. The number of nitrogens with two attached hydrogens (primary N) is 1. The summed E-state index contributed by atoms with van der Waals surface area (Å²) < 4.78 is 1.62. The molecule has 0 saturated heterocycles. The normalized spacial score (nSPS) is 11.4. The highest BCUT2D eigenvalue weighted by atomic mass is 32.1. The molecule has 25 heavy (non-hydrogen) atoms. The smallest absolute Gasteiger partial charge is 0.254 e. The molecule has 0 fully saturated rings. The summed E-state index contributed by atoms with van der Waals surface area (Å²) in [6.45, 7) is 7.98. The zero-order valence-corrected chi connectivity index (χ0v) is 15.5. The lowest BCUT2D eigenvalue weighted by Gasteiger charge is -2.10. The molecule has 0 bridgehead atoms. The minimum Gasteiger partial charge on any atom is -0.366 e. The minimum atomic E-state index is -0.0679. The van der Waals surface area contributed by atoms with Crippen LogP contribution in [0, 0.1) is 13.8 Å². The van der Waals surface area contributed by atoms with Crippen LogP contribution in [0.3, 0.4) is 0 Å². The van der Waals surface area contributed by atoms with Crippen molar-refractivity contribution in [3.8, 4) is 0 Å². The molecule has 0 saturated carbocycles. The molecule has 0 atom stereocenters. The molecular formula is C16H21N7OS. The van der Waals surface area contributed by atoms with E-state index in [1.807, 2.05) is 19.2 Å². The highest BCUT2D eigenvalue weighted by Crippen LogP contribution is 2.22. The standard InChI is InChI=1S/C16H21N7OS/c1-8(2)12-7-25-16(19-12)20-13(24)6-5-11-9(3)18-15-21-14(17)22-23(15)10(11)4/h7-8H,5-6H2,1-4H3,(H2,17,22)(H,19,20,24). The van der Waals surface area contributed by atoms with E-state index in [1.165, 1.54) is 11.3 Å². The molecule has 3 aromatic rings. The third kappa shape index (κ3) is 3.60. The van der Waals surface area contributed by atoms with Crippen molar-refractivity contribution in [3.05, 3.63) is 28.0 Å². The van der Waals surface area contributed by atoms with E-state index >= 15 is 0 Å². The first-order valence-electron chi connectivity index (χ1n) is 8.08. The molecule has 0 aliphatic carbocycles. The maximum atomic E-state index is 12.2. The van der Waals surface area contributed by atoms with E-state index in [9.17, 15) is 4.79 Å². The van der Waals surface area contributed by atoms with E-state index in [0.717, 1.165) is 22.6 Å². The van der Waals surface area contributed by atoms with Crippen molar-refractivity contribution in [1.29, 1.82) is 0 Å². The summed E-state index contributed by atoms with van der Waals surface area (Å²) in [6, 6.07) is 0. The van der Waals surface area contributed by atoms with Gasteiger partial charge in [0.2, 0.25) is 11.9 Å². The number of anilines is 2. The number of amides is 1. The van der Waals surface area contributed by atoms with E-state index in [2.05, 4.69) is 39.2 Å². The average molecular weight is 359 g/mol. The minimum absolute atomic E-state index is 0.0679. The van der Waals surface area contributed by atoms with E-state index in [-0.39, 0.29) is 11.9 Å². The highest BCUT2D eigenvalue weighted by molar-refractivity contribution is 7.13. The molecular weight excluding hydrogens is 338 g/mol. The summed E-state index contributed by atoms with van der Waals surface area (Å²) in [7, 11) is 0. The van der Waals surface area contributed by atoms with Gasteiger partial charge in [-0.05, 0) is 31.7 Å². The Labute approximate surface area is 149 Å². The molecule has 3 heterocycles. The van der Waals surface area contributed by atoms with Crippen LogP contribution in [0.5, 0.6) is 0 Å². The predicted molar refractivity (Wildman–Crippen MR) is 97.8 cm³/mol. The van der Waals surface area contributed by atoms with Gasteiger partial charge in [0.05, 0.1) is 5.69 Å². The van der Waals surface area contributed by atoms with Crippen LogP contribution in [-0.4, -0.2) is 30.5 Å². The van der Waals surface area contributed by atoms with Crippen molar-refractivity contribution in [3.63, 3.8) is 0 Å². The third-order valence-electron chi connectivity index (χ3n) is 4.03. The molecule has 0 radical (unpaired) electrons. The van der Waals surface area contributed by atoms with Crippen LogP contribution in [0.4, 0.5) is 11.1 Å². The van der Waals surface area contributed by atoms with E-state index in [4.69, 9.17) is 5.73 Å². The molecule has 0 aliphatic rings. The lowest BCUT2D eigenvalue weighted by atomic mass is 10.1. The summed E-state index contributed by atoms with van der Waals surface area (Å²) in [5.74, 6) is 0.945. The Bertz CT molecular complexity index is 928. The van der Waals surface area contributed by atoms with Crippen LogP contribution in [-0.2, 0) is 11.2 Å². The second kappa shape index (κ2) is 6.75. The van der Waals surface area contributed by atoms with Gasteiger partial charge in [0.15, 0.2) is 5.13 Å². The summed E-state index contributed by atoms with van der Waals surface area (Å²) in [6.07, 6.45) is 0.907. The number of carbonyl (C=O) groups excluding carboxylic acids is 1. The molecule has 8 nitrogen and oxygen atoms in total. The second-order valence-corrected chi connectivity index (χ2v) is 7.08. The molecule has 9 heteroatoms. The van der Waals surface area contributed by atoms with Crippen molar-refractivity contribution >= 4 is 34.1 Å². The van der Waals surface area contributed by atoms with Gasteiger partial charge in [-0.2, -0.15) is 9.50 Å². The second-order valence-electron chi connectivity index (χ2n) is 6.22. The number of aryl methyl sites for hydroxylation is 2. The van der Waals surface area contributed by atoms with Crippen LogP contribution in [0.15, 0.2) is 5.38 Å². The van der Waals surface area contributed by atoms with Gasteiger partial charge in [0.25, 0.3) is 5.78 Å². The Balaban J connectivity index is 1.70. The topological polar surface area (TPSA) is 111 Å². The zero-order valence-electron chi connectivity index (χ0n) is 14.7. The summed E-state index contributed by atoms with van der Waals surface area (Å²) in [5, 5.41) is 9.61. The highest BCUT2D eigenvalue weighted by Gasteiger charge is 2.14. The SMILES string of the molecule is Cc1nc2nc(N)nn2c(C)c1CCC(=O)Nc1nc(C(C)C)cs1. The summed E-state index contributed by atoms with van der Waals surface area (Å²) >= 11 is 1.45. The maximum Gasteiger partial charge on any atom is 0.254 e. The van der Waals surface area contributed by atoms with Crippen molar-refractivity contribution in [2.75, 3.05) is 11.1 Å². The monoisotopic (exact) mass is 359 g/mol. The van der Waals surface area contributed by atoms with Crippen molar-refractivity contribution in [1.82, 2.24) is 24.6 Å². The van der Waals surface area contributed by atoms with Crippen molar-refractivity contribution in [2.45, 2.75) is 46.5 Å². The Morgan fingerprint density at radius 1 is 1.32 bits per heavy atom. The maximum absolute atomic E-state index is 12.2. The van der Waals surface area contributed by atoms with Crippen molar-refractivity contribution in [2.24, 2.45) is 0 Å². The van der Waals surface area contributed by atoms with Gasteiger partial charge < -0.3 is 11.1 Å². The molecule has 3 rings (SSSR count). The lowest BCUT2D eigenvalue weighted by Crippen LogP contribution is -2.14. The molecule has 0 aromatic carbocycles. The fourth-order valence-corrected chi connectivity index (χ4v) is 3.50. The van der Waals surface area contributed by atoms with Gasteiger partial charge >= 0.3 is 0 Å². The number of nitrogens with zero attached hydrogens (tertiary/aromatic N) is 5. The first kappa shape index (κ1) is 17.3. The fraction of sp³-hybridized carbons (Fsp3) is 0.438. The quantitative estimate of drug-likeness (QED) is 0.724. The Kier molecular flexibility index (Phi) is 4.67. The van der Waals surface area contributed by atoms with E-state index in [0.29, 0.717) is 29.7 Å². The number of thiazole rings is 1. The number of aromatic nitrogens is 5. The van der Waals surface area contributed by atoms with Gasteiger partial charge in [0, 0.05) is 23.2 Å². The predicted octanol–water partition coefficient (Wildman–Crippen LogP) is 2.47. The number of hydrogen-bond donors (Lipinski definition) is 2. The first-order chi connectivity index (χ1) is 11.8. The van der Waals surface area contributed by atoms with Crippen LogP contribution >= 0.6 is 11.3 Å². The molecule has 132 valence electrons. The first-order valence-corrected chi connectivity index (χ1v) is 8.96. The lowest BCUT2D eigenvalue weighted by molar-refractivity contribution is -0.116. The van der Waals surface area contributed by atoms with Crippen LogP contribution in [0.1, 0.15) is 48.8 Å². The number of nitrogens with one attached hydrogen (secondary N) is 1. The summed E-state index contributed by atoms with van der Waals surface area (Å²) in [4.78, 5) is 25.1. The Morgan fingerprint density at radius 2 is 2.08 bits per heavy atom. The molecule has 0 unspecified atom stereocenters. The van der Waals surface area contributed by atoms with Crippen LogP contribution < -0.4 is 11.1 Å². The van der Waals surface area contributed by atoms with Gasteiger partial charge in [-0.15, -0.1) is 16.4 Å². The summed E-state index contributed by atoms with van der Waals surface area (Å²) in [5.41, 5.74) is 9.34. The van der Waals surface area contributed by atoms with Crippen LogP contribution in [0.25, 0.3) is 5.78 Å².